The Morgan fingerprint density at radius 2 is 2.00 bits per heavy atom. The molecule has 0 radical (unpaired) electrons. The fourth-order valence-electron chi connectivity index (χ4n) is 1.74. The fraction of sp³-hybridized carbons (Fsp3) is 0.818. The first-order chi connectivity index (χ1) is 7.73. The van der Waals surface area contributed by atoms with Crippen LogP contribution in [0.15, 0.2) is 0 Å². The molecule has 4 N–H and O–H groups in total. The maximum absolute atomic E-state index is 11.9. The highest BCUT2D eigenvalue weighted by Crippen LogP contribution is 2.21. The van der Waals surface area contributed by atoms with E-state index in [0.717, 1.165) is 0 Å². The average molecular weight is 244 g/mol. The normalized spacial score (nSPS) is 26.6. The molecule has 1 aliphatic rings. The Bertz CT molecular complexity index is 311. The molecule has 6 heteroatoms. The minimum Gasteiger partial charge on any atom is -0.480 e. The molecule has 1 rings (SSSR count). The molecule has 98 valence electrons. The molecular weight excluding hydrogens is 224 g/mol. The van der Waals surface area contributed by atoms with Crippen LogP contribution in [0.25, 0.3) is 0 Å². The van der Waals surface area contributed by atoms with E-state index in [1.54, 1.807) is 20.8 Å². The Morgan fingerprint density at radius 3 is 2.35 bits per heavy atom. The van der Waals surface area contributed by atoms with Crippen molar-refractivity contribution in [3.8, 4) is 0 Å². The lowest BCUT2D eigenvalue weighted by atomic mass is 9.86. The van der Waals surface area contributed by atoms with Crippen molar-refractivity contribution in [3.63, 3.8) is 0 Å². The highest BCUT2D eigenvalue weighted by atomic mass is 16.5. The van der Waals surface area contributed by atoms with E-state index < -0.39 is 23.3 Å². The molecule has 0 aromatic rings. The summed E-state index contributed by atoms with van der Waals surface area (Å²) in [6.45, 7) is 5.88. The van der Waals surface area contributed by atoms with E-state index in [-0.39, 0.29) is 18.6 Å². The molecule has 6 nitrogen and oxygen atoms in total. The van der Waals surface area contributed by atoms with Gasteiger partial charge in [0.25, 0.3) is 0 Å². The van der Waals surface area contributed by atoms with Gasteiger partial charge in [0.05, 0.1) is 19.1 Å². The maximum atomic E-state index is 11.9. The van der Waals surface area contributed by atoms with Gasteiger partial charge in [-0.1, -0.05) is 20.8 Å². The van der Waals surface area contributed by atoms with Crippen molar-refractivity contribution >= 4 is 11.9 Å². The summed E-state index contributed by atoms with van der Waals surface area (Å²) in [6, 6.07) is -1.28. The number of aliphatic carboxylic acids is 1. The zero-order valence-corrected chi connectivity index (χ0v) is 10.4. The van der Waals surface area contributed by atoms with Crippen LogP contribution in [0.4, 0.5) is 0 Å². The third-order valence-corrected chi connectivity index (χ3v) is 2.86. The second-order valence-electron chi connectivity index (χ2n) is 5.45. The number of nitrogens with one attached hydrogen (secondary N) is 1. The monoisotopic (exact) mass is 244 g/mol. The smallest absolute Gasteiger partial charge is 0.326 e. The van der Waals surface area contributed by atoms with Gasteiger partial charge in [-0.15, -0.1) is 0 Å². The second kappa shape index (κ2) is 5.01. The zero-order chi connectivity index (χ0) is 13.2. The molecule has 1 fully saturated rings. The van der Waals surface area contributed by atoms with E-state index in [1.807, 2.05) is 0 Å². The van der Waals surface area contributed by atoms with Gasteiger partial charge >= 0.3 is 5.97 Å². The van der Waals surface area contributed by atoms with Gasteiger partial charge in [-0.25, -0.2) is 4.79 Å². The molecule has 0 aliphatic carbocycles. The summed E-state index contributed by atoms with van der Waals surface area (Å²) in [5.74, 6) is -1.85. The quantitative estimate of drug-likeness (QED) is 0.625. The topological polar surface area (TPSA) is 102 Å². The standard InChI is InChI=1S/C11H20N2O4/c1-11(2,3)8(10(15)16)13-9(14)6-4-17-5-7(6)12/h6-8H,4-5,12H2,1-3H3,(H,13,14)(H,15,16)/t6?,7?,8-/m1/s1. The highest BCUT2D eigenvalue weighted by molar-refractivity contribution is 5.86. The number of nitrogens with two attached hydrogens (primary N) is 1. The zero-order valence-electron chi connectivity index (χ0n) is 10.4. The van der Waals surface area contributed by atoms with Crippen LogP contribution in [0, 0.1) is 11.3 Å². The summed E-state index contributed by atoms with van der Waals surface area (Å²) < 4.78 is 5.08. The van der Waals surface area contributed by atoms with E-state index in [2.05, 4.69) is 5.32 Å². The summed E-state index contributed by atoms with van der Waals surface area (Å²) in [7, 11) is 0. The molecule has 0 saturated carbocycles. The van der Waals surface area contributed by atoms with Gasteiger partial charge in [0.2, 0.25) is 5.91 Å². The molecule has 1 aliphatic heterocycles. The maximum Gasteiger partial charge on any atom is 0.326 e. The van der Waals surface area contributed by atoms with Crippen LogP contribution in [0.3, 0.4) is 0 Å². The van der Waals surface area contributed by atoms with E-state index in [0.29, 0.717) is 6.61 Å². The molecule has 0 aromatic carbocycles. The molecule has 3 atom stereocenters. The Balaban J connectivity index is 2.68. The number of amides is 1. The van der Waals surface area contributed by atoms with Crippen molar-refractivity contribution in [2.75, 3.05) is 13.2 Å². The molecule has 0 bridgehead atoms. The van der Waals surface area contributed by atoms with Gasteiger partial charge in [0.15, 0.2) is 0 Å². The first kappa shape index (κ1) is 13.9. The van der Waals surface area contributed by atoms with Crippen LogP contribution in [0.1, 0.15) is 20.8 Å². The summed E-state index contributed by atoms with van der Waals surface area (Å²) in [5, 5.41) is 11.6. The number of carbonyl (C=O) groups is 2. The van der Waals surface area contributed by atoms with Crippen molar-refractivity contribution in [3.05, 3.63) is 0 Å². The number of carboxylic acid groups (broad SMARTS) is 1. The number of hydrogen-bond acceptors (Lipinski definition) is 4. The minimum absolute atomic E-state index is 0.253. The predicted molar refractivity (Wildman–Crippen MR) is 61.3 cm³/mol. The van der Waals surface area contributed by atoms with Crippen molar-refractivity contribution in [2.45, 2.75) is 32.9 Å². The molecular formula is C11H20N2O4. The Hall–Kier alpha value is -1.14. The Morgan fingerprint density at radius 1 is 1.41 bits per heavy atom. The van der Waals surface area contributed by atoms with Gasteiger partial charge in [-0.05, 0) is 5.41 Å². The van der Waals surface area contributed by atoms with Crippen molar-refractivity contribution in [1.82, 2.24) is 5.32 Å². The summed E-state index contributed by atoms with van der Waals surface area (Å²) in [5.41, 5.74) is 5.16. The van der Waals surface area contributed by atoms with E-state index >= 15 is 0 Å². The van der Waals surface area contributed by atoms with Crippen molar-refractivity contribution < 1.29 is 19.4 Å². The second-order valence-corrected chi connectivity index (χ2v) is 5.45. The Labute approximate surface area is 101 Å². The molecule has 17 heavy (non-hydrogen) atoms. The third kappa shape index (κ3) is 3.41. The van der Waals surface area contributed by atoms with E-state index in [4.69, 9.17) is 15.6 Å². The van der Waals surface area contributed by atoms with Gasteiger partial charge in [-0.2, -0.15) is 0 Å². The molecule has 1 saturated heterocycles. The van der Waals surface area contributed by atoms with Crippen LogP contribution >= 0.6 is 0 Å². The van der Waals surface area contributed by atoms with Crippen LogP contribution in [-0.2, 0) is 14.3 Å². The van der Waals surface area contributed by atoms with Crippen LogP contribution in [-0.4, -0.2) is 42.3 Å². The van der Waals surface area contributed by atoms with Gasteiger partial charge in [-0.3, -0.25) is 4.79 Å². The van der Waals surface area contributed by atoms with Gasteiger partial charge in [0, 0.05) is 6.04 Å². The lowest BCUT2D eigenvalue weighted by molar-refractivity contribution is -0.145. The molecule has 0 aromatic heterocycles. The van der Waals surface area contributed by atoms with E-state index in [1.165, 1.54) is 0 Å². The van der Waals surface area contributed by atoms with Crippen molar-refractivity contribution in [1.29, 1.82) is 0 Å². The summed E-state index contributed by atoms with van der Waals surface area (Å²) in [6.07, 6.45) is 0. The average Bonchev–Trinajstić information content (AvgIpc) is 2.58. The van der Waals surface area contributed by atoms with Gasteiger partial charge in [0.1, 0.15) is 6.04 Å². The molecule has 0 spiro atoms. The molecule has 2 unspecified atom stereocenters. The number of hydrogen-bond donors (Lipinski definition) is 3. The van der Waals surface area contributed by atoms with Crippen LogP contribution < -0.4 is 11.1 Å². The third-order valence-electron chi connectivity index (χ3n) is 2.86. The summed E-state index contributed by atoms with van der Waals surface area (Å²) >= 11 is 0. The van der Waals surface area contributed by atoms with Crippen LogP contribution in [0.5, 0.6) is 0 Å². The minimum atomic E-state index is -1.04. The van der Waals surface area contributed by atoms with E-state index in [9.17, 15) is 9.59 Å². The lowest BCUT2D eigenvalue weighted by Gasteiger charge is -2.29. The lowest BCUT2D eigenvalue weighted by Crippen LogP contribution is -2.53. The largest absolute Gasteiger partial charge is 0.480 e. The molecule has 1 amide bonds. The number of rotatable bonds is 3. The number of carbonyl (C=O) groups excluding carboxylic acids is 1. The van der Waals surface area contributed by atoms with Crippen molar-refractivity contribution in [2.24, 2.45) is 17.1 Å². The molecule has 1 heterocycles. The number of ether oxygens (including phenoxy) is 1. The highest BCUT2D eigenvalue weighted by Gasteiger charge is 2.37. The predicted octanol–water partition coefficient (Wildman–Crippen LogP) is -0.424. The summed E-state index contributed by atoms with van der Waals surface area (Å²) in [4.78, 5) is 23.0. The Kier molecular flexibility index (Phi) is 4.11. The number of carboxylic acids is 1. The first-order valence-corrected chi connectivity index (χ1v) is 5.60. The van der Waals surface area contributed by atoms with Crippen LogP contribution in [0.2, 0.25) is 0 Å². The SMILES string of the molecule is CC(C)(C)[C@H](NC(=O)C1COCC1N)C(=O)O. The first-order valence-electron chi connectivity index (χ1n) is 5.60. The fourth-order valence-corrected chi connectivity index (χ4v) is 1.74. The van der Waals surface area contributed by atoms with Gasteiger partial charge < -0.3 is 20.9 Å².